The summed E-state index contributed by atoms with van der Waals surface area (Å²) in [5.74, 6) is 0.246. The Kier molecular flexibility index (Phi) is 8.46. The Morgan fingerprint density at radius 1 is 1.08 bits per heavy atom. The Morgan fingerprint density at radius 3 is 2.16 bits per heavy atom. The van der Waals surface area contributed by atoms with Gasteiger partial charge in [-0.25, -0.2) is 4.79 Å². The molecule has 0 saturated heterocycles. The van der Waals surface area contributed by atoms with Gasteiger partial charge in [-0.3, -0.25) is 0 Å². The number of aliphatic hydroxyl groups is 1. The largest absolute Gasteiger partial charge is 0.476 e. The van der Waals surface area contributed by atoms with Crippen molar-refractivity contribution in [2.24, 2.45) is 0 Å². The van der Waals surface area contributed by atoms with Crippen LogP contribution >= 0.6 is 11.6 Å². The lowest BCUT2D eigenvalue weighted by atomic mass is 9.96. The first-order chi connectivity index (χ1) is 11.9. The lowest BCUT2D eigenvalue weighted by Gasteiger charge is -2.29. The summed E-state index contributed by atoms with van der Waals surface area (Å²) in [6.45, 7) is 5.39. The van der Waals surface area contributed by atoms with Crippen molar-refractivity contribution in [3.8, 4) is 5.75 Å². The molecule has 0 aliphatic carbocycles. The van der Waals surface area contributed by atoms with Gasteiger partial charge in [-0.2, -0.15) is 0 Å². The van der Waals surface area contributed by atoms with Gasteiger partial charge in [0.1, 0.15) is 5.75 Å². The molecule has 0 saturated carbocycles. The molecule has 5 heteroatoms. The maximum absolute atomic E-state index is 12.6. The Labute approximate surface area is 154 Å². The molecule has 0 amide bonds. The third-order valence-electron chi connectivity index (χ3n) is 3.32. The molecular weight excluding hydrogens is 340 g/mol. The second-order valence-electron chi connectivity index (χ2n) is 5.90. The quantitative estimate of drug-likeness (QED) is 0.777. The van der Waals surface area contributed by atoms with Crippen LogP contribution in [0.15, 0.2) is 54.6 Å². The highest BCUT2D eigenvalue weighted by Gasteiger charge is 2.38. The van der Waals surface area contributed by atoms with Crippen LogP contribution in [0.1, 0.15) is 26.3 Å². The molecule has 0 bridgehead atoms. The lowest BCUT2D eigenvalue weighted by Crippen LogP contribution is -2.45. The predicted molar refractivity (Wildman–Crippen MR) is 100 cm³/mol. The Morgan fingerprint density at radius 2 is 1.64 bits per heavy atom. The van der Waals surface area contributed by atoms with Crippen molar-refractivity contribution in [1.29, 1.82) is 0 Å². The Hall–Kier alpha value is -2.04. The fourth-order valence-electron chi connectivity index (χ4n) is 2.23. The number of hydrogen-bond donors (Lipinski definition) is 1. The highest BCUT2D eigenvalue weighted by Crippen LogP contribution is 2.25. The first kappa shape index (κ1) is 21.0. The minimum Gasteiger partial charge on any atom is -0.476 e. The fraction of sp³-hybridized carbons (Fsp3) is 0.350. The van der Waals surface area contributed by atoms with Gasteiger partial charge < -0.3 is 14.6 Å². The summed E-state index contributed by atoms with van der Waals surface area (Å²) in [4.78, 5) is 12.6. The average molecular weight is 365 g/mol. The second-order valence-corrected chi connectivity index (χ2v) is 6.34. The number of carbonyl (C=O) groups excluding carboxylic acids is 1. The molecule has 0 aromatic heterocycles. The molecule has 1 N–H and O–H groups in total. The number of hydrogen-bond acceptors (Lipinski definition) is 4. The number of halogens is 1. The molecule has 2 rings (SSSR count). The highest BCUT2D eigenvalue weighted by molar-refractivity contribution is 6.30. The van der Waals surface area contributed by atoms with E-state index in [4.69, 9.17) is 26.2 Å². The van der Waals surface area contributed by atoms with Crippen LogP contribution in [-0.2, 0) is 16.0 Å². The van der Waals surface area contributed by atoms with Crippen molar-refractivity contribution < 1.29 is 19.4 Å². The summed E-state index contributed by atoms with van der Waals surface area (Å²) >= 11 is 5.92. The molecule has 0 radical (unpaired) electrons. The van der Waals surface area contributed by atoms with E-state index in [0.717, 1.165) is 12.7 Å². The number of carbonyl (C=O) groups is 1. The van der Waals surface area contributed by atoms with Crippen molar-refractivity contribution in [2.45, 2.75) is 38.9 Å². The van der Waals surface area contributed by atoms with E-state index in [0.29, 0.717) is 17.2 Å². The van der Waals surface area contributed by atoms with E-state index in [1.165, 1.54) is 0 Å². The van der Waals surface area contributed by atoms with E-state index in [1.54, 1.807) is 19.1 Å². The Bertz CT molecular complexity index is 641. The summed E-state index contributed by atoms with van der Waals surface area (Å²) in [7, 11) is 1.00. The standard InChI is InChI=1S/C19H21ClO3.CH4O/c1-14(2)22-18(21)19(3,23-17-7-5-4-6-8-17)13-15-9-11-16(20)12-10-15;1-2/h4-12,14H,13H2,1-3H3;2H,1H3. The van der Waals surface area contributed by atoms with Gasteiger partial charge >= 0.3 is 5.97 Å². The van der Waals surface area contributed by atoms with E-state index >= 15 is 0 Å². The van der Waals surface area contributed by atoms with Gasteiger partial charge in [-0.05, 0) is 50.6 Å². The molecule has 1 atom stereocenters. The maximum atomic E-state index is 12.6. The van der Waals surface area contributed by atoms with Crippen LogP contribution < -0.4 is 4.74 Å². The zero-order chi connectivity index (χ0) is 18.9. The normalized spacial score (nSPS) is 12.6. The molecule has 1 unspecified atom stereocenters. The molecule has 0 aliphatic rings. The van der Waals surface area contributed by atoms with Gasteiger partial charge in [0.15, 0.2) is 0 Å². The van der Waals surface area contributed by atoms with Crippen molar-refractivity contribution >= 4 is 17.6 Å². The highest BCUT2D eigenvalue weighted by atomic mass is 35.5. The fourth-order valence-corrected chi connectivity index (χ4v) is 2.36. The van der Waals surface area contributed by atoms with Crippen LogP contribution in [0.3, 0.4) is 0 Å². The molecule has 2 aromatic rings. The lowest BCUT2D eigenvalue weighted by molar-refractivity contribution is -0.164. The summed E-state index contributed by atoms with van der Waals surface area (Å²) in [5, 5.41) is 7.66. The molecule has 0 spiro atoms. The van der Waals surface area contributed by atoms with Crippen LogP contribution in [0.2, 0.25) is 5.02 Å². The molecule has 2 aromatic carbocycles. The smallest absolute Gasteiger partial charge is 0.350 e. The van der Waals surface area contributed by atoms with E-state index < -0.39 is 5.60 Å². The second kappa shape index (κ2) is 10.1. The van der Waals surface area contributed by atoms with Gasteiger partial charge in [0.05, 0.1) is 6.10 Å². The molecule has 0 fully saturated rings. The molecule has 0 heterocycles. The zero-order valence-corrected chi connectivity index (χ0v) is 15.8. The van der Waals surface area contributed by atoms with Gasteiger partial charge in [0.25, 0.3) is 0 Å². The summed E-state index contributed by atoms with van der Waals surface area (Å²) in [6, 6.07) is 16.6. The van der Waals surface area contributed by atoms with Gasteiger partial charge in [0.2, 0.25) is 5.60 Å². The average Bonchev–Trinajstić information content (AvgIpc) is 2.59. The molecule has 0 aliphatic heterocycles. The Balaban J connectivity index is 0.00000151. The van der Waals surface area contributed by atoms with Gasteiger partial charge in [-0.15, -0.1) is 0 Å². The monoisotopic (exact) mass is 364 g/mol. The van der Waals surface area contributed by atoms with Crippen LogP contribution in [0.4, 0.5) is 0 Å². The molecule has 25 heavy (non-hydrogen) atoms. The van der Waals surface area contributed by atoms with E-state index in [2.05, 4.69) is 0 Å². The van der Waals surface area contributed by atoms with Crippen molar-refractivity contribution in [1.82, 2.24) is 0 Å². The predicted octanol–water partition coefficient (Wildman–Crippen LogP) is 4.28. The third kappa shape index (κ3) is 6.77. The number of benzene rings is 2. The zero-order valence-electron chi connectivity index (χ0n) is 15.0. The van der Waals surface area contributed by atoms with E-state index in [1.807, 2.05) is 56.3 Å². The first-order valence-corrected chi connectivity index (χ1v) is 8.41. The first-order valence-electron chi connectivity index (χ1n) is 8.03. The molecule has 136 valence electrons. The number of esters is 1. The SMILES string of the molecule is CC(C)OC(=O)C(C)(Cc1ccc(Cl)cc1)Oc1ccccc1.CO. The van der Waals surface area contributed by atoms with Crippen molar-refractivity contribution in [3.05, 3.63) is 65.2 Å². The van der Waals surface area contributed by atoms with E-state index in [9.17, 15) is 4.79 Å². The third-order valence-corrected chi connectivity index (χ3v) is 3.57. The van der Waals surface area contributed by atoms with Crippen LogP contribution in [0.5, 0.6) is 5.75 Å². The summed E-state index contributed by atoms with van der Waals surface area (Å²) in [5.41, 5.74) is -0.159. The van der Waals surface area contributed by atoms with Crippen molar-refractivity contribution in [3.63, 3.8) is 0 Å². The minimum absolute atomic E-state index is 0.202. The summed E-state index contributed by atoms with van der Waals surface area (Å²) in [6.07, 6.45) is 0.191. The maximum Gasteiger partial charge on any atom is 0.350 e. The number of rotatable bonds is 6. The molecular formula is C20H25ClO4. The molecule has 4 nitrogen and oxygen atoms in total. The van der Waals surface area contributed by atoms with E-state index in [-0.39, 0.29) is 12.1 Å². The topological polar surface area (TPSA) is 55.8 Å². The number of para-hydroxylation sites is 1. The summed E-state index contributed by atoms with van der Waals surface area (Å²) < 4.78 is 11.4. The van der Waals surface area contributed by atoms with Crippen molar-refractivity contribution in [2.75, 3.05) is 7.11 Å². The van der Waals surface area contributed by atoms with Gasteiger partial charge in [0, 0.05) is 18.6 Å². The van der Waals surface area contributed by atoms with Crippen LogP contribution in [-0.4, -0.2) is 29.9 Å². The van der Waals surface area contributed by atoms with Crippen LogP contribution in [0, 0.1) is 0 Å². The van der Waals surface area contributed by atoms with Gasteiger partial charge in [-0.1, -0.05) is 41.9 Å². The van der Waals surface area contributed by atoms with Crippen LogP contribution in [0.25, 0.3) is 0 Å². The number of aliphatic hydroxyl groups excluding tert-OH is 1. The number of ether oxygens (including phenoxy) is 2. The minimum atomic E-state index is -1.11.